The Balaban J connectivity index is 1.48. The zero-order valence-electron chi connectivity index (χ0n) is 16.7. The molecule has 0 aliphatic heterocycles. The molecule has 0 atom stereocenters. The predicted molar refractivity (Wildman–Crippen MR) is 124 cm³/mol. The zero-order chi connectivity index (χ0) is 20.9. The fourth-order valence-corrected chi connectivity index (χ4v) is 4.47. The van der Waals surface area contributed by atoms with E-state index in [1.54, 1.807) is 0 Å². The van der Waals surface area contributed by atoms with Crippen LogP contribution in [0.2, 0.25) is 5.02 Å². The van der Waals surface area contributed by atoms with Crippen molar-refractivity contribution < 1.29 is 5.11 Å². The van der Waals surface area contributed by atoms with E-state index in [1.165, 1.54) is 16.7 Å². The molecule has 1 N–H and O–H groups in total. The molecule has 0 saturated heterocycles. The number of phenolic OH excluding ortho intramolecular Hbond substituents is 1. The average molecular weight is 426 g/mol. The van der Waals surface area contributed by atoms with Crippen molar-refractivity contribution in [2.45, 2.75) is 12.8 Å². The van der Waals surface area contributed by atoms with Gasteiger partial charge in [0.05, 0.1) is 0 Å². The Morgan fingerprint density at radius 1 is 0.645 bits per heavy atom. The number of hydrogen-bond donors (Lipinski definition) is 1. The van der Waals surface area contributed by atoms with Gasteiger partial charge in [0.2, 0.25) is 0 Å². The number of halogens is 1. The standard InChI is InChI=1S/C26H20ClN3O/c27-22-11-12-23-24(17-22)29-28(23)30(29)25-16-20(13-18-7-3-1-4-8-18)15-21(26(25)31)14-19-9-5-2-6-10-19/h1-12,15-17,31H,13-14H2. The largest absolute Gasteiger partial charge is 0.505 e. The SMILES string of the molecule is Oc1c(Cc2ccccc2)cc(Cc2ccccc2)cc1-n1n2c3ccc(Cl)cc3n12. The quantitative estimate of drug-likeness (QED) is 0.363. The van der Waals surface area contributed by atoms with Crippen LogP contribution in [0.1, 0.15) is 22.3 Å². The summed E-state index contributed by atoms with van der Waals surface area (Å²) in [5.41, 5.74) is 7.42. The van der Waals surface area contributed by atoms with Gasteiger partial charge in [-0.15, -0.1) is 14.1 Å². The second-order valence-electron chi connectivity index (χ2n) is 7.95. The molecule has 0 bridgehead atoms. The van der Waals surface area contributed by atoms with E-state index in [1.807, 2.05) is 56.5 Å². The molecule has 31 heavy (non-hydrogen) atoms. The summed E-state index contributed by atoms with van der Waals surface area (Å²) in [4.78, 5) is 2.00. The first-order chi connectivity index (χ1) is 15.2. The highest BCUT2D eigenvalue weighted by Crippen LogP contribution is 2.35. The molecule has 0 fully saturated rings. The van der Waals surface area contributed by atoms with Crippen molar-refractivity contribution in [1.82, 2.24) is 14.1 Å². The lowest BCUT2D eigenvalue weighted by molar-refractivity contribution is 0.465. The number of phenols is 1. The summed E-state index contributed by atoms with van der Waals surface area (Å²) in [5.74, 6) is 0.312. The Morgan fingerprint density at radius 3 is 2.00 bits per heavy atom. The molecule has 0 unspecified atom stereocenters. The summed E-state index contributed by atoms with van der Waals surface area (Å²) in [6, 6.07) is 30.7. The summed E-state index contributed by atoms with van der Waals surface area (Å²) in [5, 5.41) is 11.9. The number of nitrogens with zero attached hydrogens (tertiary/aromatic N) is 3. The van der Waals surface area contributed by atoms with Crippen LogP contribution >= 0.6 is 11.6 Å². The van der Waals surface area contributed by atoms with Gasteiger partial charge in [0.25, 0.3) is 0 Å². The second kappa shape index (κ2) is 6.96. The number of benzene rings is 4. The van der Waals surface area contributed by atoms with Crippen molar-refractivity contribution in [1.29, 1.82) is 0 Å². The fraction of sp³-hybridized carbons (Fsp3) is 0.0769. The van der Waals surface area contributed by atoms with Gasteiger partial charge in [-0.3, -0.25) is 0 Å². The third kappa shape index (κ3) is 3.07. The van der Waals surface area contributed by atoms with E-state index in [2.05, 4.69) is 48.5 Å². The summed E-state index contributed by atoms with van der Waals surface area (Å²) in [6.45, 7) is 0. The third-order valence-corrected chi connectivity index (χ3v) is 6.04. The topological polar surface area (TPSA) is 34.0 Å². The van der Waals surface area contributed by atoms with E-state index in [9.17, 15) is 5.11 Å². The lowest BCUT2D eigenvalue weighted by Gasteiger charge is -2.12. The summed E-state index contributed by atoms with van der Waals surface area (Å²) >= 11 is 6.18. The van der Waals surface area contributed by atoms with Crippen molar-refractivity contribution in [3.63, 3.8) is 0 Å². The van der Waals surface area contributed by atoms with Gasteiger partial charge in [-0.1, -0.05) is 78.3 Å². The van der Waals surface area contributed by atoms with Crippen LogP contribution in [0.5, 0.6) is 5.75 Å². The van der Waals surface area contributed by atoms with Crippen LogP contribution in [-0.4, -0.2) is 19.2 Å². The number of aromatic nitrogens is 3. The number of rotatable bonds is 5. The Hall–Kier alpha value is -3.63. The van der Waals surface area contributed by atoms with Gasteiger partial charge in [-0.25, -0.2) is 0 Å². The van der Waals surface area contributed by atoms with Gasteiger partial charge < -0.3 is 5.11 Å². The number of aromatic hydroxyl groups is 1. The summed E-state index contributed by atoms with van der Waals surface area (Å²) in [7, 11) is 0. The molecule has 4 aromatic carbocycles. The van der Waals surface area contributed by atoms with Crippen molar-refractivity contribution in [3.8, 4) is 11.4 Å². The minimum atomic E-state index is 0.312. The van der Waals surface area contributed by atoms with E-state index >= 15 is 0 Å². The van der Waals surface area contributed by atoms with Crippen LogP contribution in [0.25, 0.3) is 16.7 Å². The maximum absolute atomic E-state index is 11.2. The number of fused-ring (bicyclic) bond motifs is 4. The third-order valence-electron chi connectivity index (χ3n) is 5.81. The smallest absolute Gasteiger partial charge is 0.146 e. The van der Waals surface area contributed by atoms with Gasteiger partial charge in [-0.05, 0) is 47.4 Å². The molecule has 5 heteroatoms. The average Bonchev–Trinajstić information content (AvgIpc) is 3.45. The van der Waals surface area contributed by atoms with Gasteiger partial charge >= 0.3 is 0 Å². The highest BCUT2D eigenvalue weighted by Gasteiger charge is 2.27. The molecule has 0 radical (unpaired) electrons. The van der Waals surface area contributed by atoms with Crippen molar-refractivity contribution in [3.05, 3.63) is 118 Å². The van der Waals surface area contributed by atoms with Gasteiger partial charge in [0.15, 0.2) is 0 Å². The van der Waals surface area contributed by atoms with Crippen molar-refractivity contribution in [2.75, 3.05) is 0 Å². The molecule has 0 spiro atoms. The fourth-order valence-electron chi connectivity index (χ4n) is 4.30. The van der Waals surface area contributed by atoms with Crippen molar-refractivity contribution >= 4 is 22.6 Å². The molecule has 0 amide bonds. The Labute approximate surface area is 184 Å². The molecule has 0 saturated carbocycles. The summed E-state index contributed by atoms with van der Waals surface area (Å²) in [6.07, 6.45) is 1.48. The Morgan fingerprint density at radius 2 is 1.29 bits per heavy atom. The first-order valence-electron chi connectivity index (χ1n) is 10.3. The Kier molecular flexibility index (Phi) is 4.08. The molecule has 0 aliphatic carbocycles. The lowest BCUT2D eigenvalue weighted by atomic mass is 9.97. The van der Waals surface area contributed by atoms with E-state index in [0.29, 0.717) is 17.2 Å². The van der Waals surface area contributed by atoms with Gasteiger partial charge in [0, 0.05) is 17.0 Å². The molecular formula is C26H20ClN3O. The van der Waals surface area contributed by atoms with E-state index in [-0.39, 0.29) is 0 Å². The molecule has 2 aromatic heterocycles. The van der Waals surface area contributed by atoms with Crippen LogP contribution in [0.15, 0.2) is 91.0 Å². The lowest BCUT2D eigenvalue weighted by Crippen LogP contribution is -1.98. The molecular weight excluding hydrogens is 406 g/mol. The molecule has 6 aromatic rings. The van der Waals surface area contributed by atoms with Gasteiger partial charge in [-0.2, -0.15) is 0 Å². The molecule has 152 valence electrons. The summed E-state index contributed by atoms with van der Waals surface area (Å²) < 4.78 is 4.06. The highest BCUT2D eigenvalue weighted by atomic mass is 35.5. The zero-order valence-corrected chi connectivity index (χ0v) is 17.5. The Bertz CT molecular complexity index is 1490. The van der Waals surface area contributed by atoms with Crippen LogP contribution < -0.4 is 0 Å². The van der Waals surface area contributed by atoms with E-state index in [4.69, 9.17) is 11.6 Å². The number of hydrogen-bond acceptors (Lipinski definition) is 1. The molecule has 0 aliphatic rings. The van der Waals surface area contributed by atoms with E-state index in [0.717, 1.165) is 28.7 Å². The highest BCUT2D eigenvalue weighted by molar-refractivity contribution is 6.31. The van der Waals surface area contributed by atoms with Crippen LogP contribution in [0.3, 0.4) is 0 Å². The van der Waals surface area contributed by atoms with Crippen LogP contribution in [0.4, 0.5) is 0 Å². The first kappa shape index (κ1) is 18.2. The molecule has 6 rings (SSSR count). The molecule has 4 nitrogen and oxygen atoms in total. The predicted octanol–water partition coefficient (Wildman–Crippen LogP) is 5.96. The second-order valence-corrected chi connectivity index (χ2v) is 8.39. The normalized spacial score (nSPS) is 11.8. The van der Waals surface area contributed by atoms with Crippen molar-refractivity contribution in [2.24, 2.45) is 0 Å². The van der Waals surface area contributed by atoms with Gasteiger partial charge in [0.1, 0.15) is 22.5 Å². The maximum Gasteiger partial charge on any atom is 0.146 e. The van der Waals surface area contributed by atoms with E-state index < -0.39 is 0 Å². The minimum Gasteiger partial charge on any atom is -0.505 e. The first-order valence-corrected chi connectivity index (χ1v) is 10.7. The minimum absolute atomic E-state index is 0.312. The van der Waals surface area contributed by atoms with Crippen LogP contribution in [0, 0.1) is 0 Å². The monoisotopic (exact) mass is 425 g/mol. The molecule has 2 heterocycles. The van der Waals surface area contributed by atoms with Crippen LogP contribution in [-0.2, 0) is 12.8 Å². The maximum atomic E-state index is 11.2.